The molecule has 8 nitrogen and oxygen atoms in total. The van der Waals surface area contributed by atoms with Crippen LogP contribution in [0.1, 0.15) is 0 Å². The van der Waals surface area contributed by atoms with E-state index in [1.807, 2.05) is 19.0 Å². The predicted molar refractivity (Wildman–Crippen MR) is 105 cm³/mol. The number of hydrogen-bond acceptors (Lipinski definition) is 7. The molecule has 0 saturated carbocycles. The van der Waals surface area contributed by atoms with Gasteiger partial charge in [0, 0.05) is 32.2 Å². The molecule has 1 aromatic carbocycles. The number of anilines is 3. The lowest BCUT2D eigenvalue weighted by Gasteiger charge is -2.28. The van der Waals surface area contributed by atoms with E-state index in [1.54, 1.807) is 30.5 Å². The fraction of sp³-hybridized carbons (Fsp3) is 0.389. The van der Waals surface area contributed by atoms with Crippen molar-refractivity contribution >= 4 is 35.0 Å². The number of amides is 1. The summed E-state index contributed by atoms with van der Waals surface area (Å²) in [6, 6.07) is 6.83. The van der Waals surface area contributed by atoms with E-state index < -0.39 is 0 Å². The van der Waals surface area contributed by atoms with Crippen LogP contribution in [0, 0.1) is 0 Å². The van der Waals surface area contributed by atoms with Gasteiger partial charge in [-0.1, -0.05) is 11.6 Å². The van der Waals surface area contributed by atoms with Gasteiger partial charge in [-0.15, -0.1) is 0 Å². The largest absolute Gasteiger partial charge is 0.484 e. The standard InChI is InChI=1S/C18H22ClN5O3/c1-23(2)17-15(11-20-18(22-17)24-7-9-26-10-8-24)21-16(25)12-27-14-5-3-13(19)4-6-14/h3-6,11H,7-10,12H2,1-2H3,(H,21,25). The molecule has 144 valence electrons. The molecule has 1 aliphatic heterocycles. The van der Waals surface area contributed by atoms with Crippen molar-refractivity contribution in [1.82, 2.24) is 9.97 Å². The van der Waals surface area contributed by atoms with Gasteiger partial charge in [-0.3, -0.25) is 4.79 Å². The number of aromatic nitrogens is 2. The summed E-state index contributed by atoms with van der Waals surface area (Å²) in [7, 11) is 3.73. The molecule has 1 aliphatic rings. The summed E-state index contributed by atoms with van der Waals surface area (Å²) in [5, 5.41) is 3.41. The lowest BCUT2D eigenvalue weighted by Crippen LogP contribution is -2.37. The highest BCUT2D eigenvalue weighted by atomic mass is 35.5. The van der Waals surface area contributed by atoms with Gasteiger partial charge in [0.25, 0.3) is 5.91 Å². The van der Waals surface area contributed by atoms with Gasteiger partial charge in [0.1, 0.15) is 11.4 Å². The first kappa shape index (κ1) is 19.2. The predicted octanol–water partition coefficient (Wildman–Crippen LogP) is 2.05. The molecule has 0 radical (unpaired) electrons. The Kier molecular flexibility index (Phi) is 6.31. The Hall–Kier alpha value is -2.58. The van der Waals surface area contributed by atoms with Gasteiger partial charge >= 0.3 is 0 Å². The first-order chi connectivity index (χ1) is 13.0. The first-order valence-corrected chi connectivity index (χ1v) is 8.96. The minimum absolute atomic E-state index is 0.125. The van der Waals surface area contributed by atoms with E-state index in [0.29, 0.717) is 41.4 Å². The van der Waals surface area contributed by atoms with Gasteiger partial charge in [-0.2, -0.15) is 4.98 Å². The highest BCUT2D eigenvalue weighted by Gasteiger charge is 2.18. The van der Waals surface area contributed by atoms with Crippen molar-refractivity contribution in [3.05, 3.63) is 35.5 Å². The minimum atomic E-state index is -0.296. The van der Waals surface area contributed by atoms with Crippen LogP contribution >= 0.6 is 11.6 Å². The fourth-order valence-corrected chi connectivity index (χ4v) is 2.70. The molecule has 1 N–H and O–H groups in total. The number of benzene rings is 1. The number of carbonyl (C=O) groups excluding carboxylic acids is 1. The van der Waals surface area contributed by atoms with Crippen LogP contribution in [0.15, 0.2) is 30.5 Å². The molecular formula is C18H22ClN5O3. The van der Waals surface area contributed by atoms with Crippen LogP contribution in [-0.4, -0.2) is 62.9 Å². The van der Waals surface area contributed by atoms with E-state index in [1.165, 1.54) is 0 Å². The molecule has 1 saturated heterocycles. The molecule has 0 atom stereocenters. The number of nitrogens with zero attached hydrogens (tertiary/aromatic N) is 4. The lowest BCUT2D eigenvalue weighted by atomic mass is 10.3. The Bertz CT molecular complexity index is 779. The van der Waals surface area contributed by atoms with Crippen molar-refractivity contribution in [2.24, 2.45) is 0 Å². The summed E-state index contributed by atoms with van der Waals surface area (Å²) in [5.74, 6) is 1.53. The van der Waals surface area contributed by atoms with Crippen molar-refractivity contribution in [2.75, 3.05) is 62.1 Å². The Labute approximate surface area is 163 Å². The maximum atomic E-state index is 12.3. The highest BCUT2D eigenvalue weighted by Crippen LogP contribution is 2.24. The van der Waals surface area contributed by atoms with Crippen LogP contribution < -0.4 is 19.9 Å². The Morgan fingerprint density at radius 1 is 1.30 bits per heavy atom. The number of morpholine rings is 1. The van der Waals surface area contributed by atoms with Gasteiger partial charge in [0.15, 0.2) is 12.4 Å². The third-order valence-electron chi connectivity index (χ3n) is 3.93. The summed E-state index contributed by atoms with van der Waals surface area (Å²) in [6.45, 7) is 2.67. The van der Waals surface area contributed by atoms with E-state index in [-0.39, 0.29) is 12.5 Å². The summed E-state index contributed by atoms with van der Waals surface area (Å²) in [5.41, 5.74) is 0.529. The lowest BCUT2D eigenvalue weighted by molar-refractivity contribution is -0.118. The fourth-order valence-electron chi connectivity index (χ4n) is 2.57. The molecule has 3 rings (SSSR count). The Morgan fingerprint density at radius 2 is 2.00 bits per heavy atom. The number of ether oxygens (including phenoxy) is 2. The molecule has 9 heteroatoms. The van der Waals surface area contributed by atoms with E-state index in [9.17, 15) is 4.79 Å². The summed E-state index contributed by atoms with van der Waals surface area (Å²) < 4.78 is 10.8. The highest BCUT2D eigenvalue weighted by molar-refractivity contribution is 6.30. The summed E-state index contributed by atoms with van der Waals surface area (Å²) in [4.78, 5) is 25.1. The van der Waals surface area contributed by atoms with Crippen molar-refractivity contribution in [2.45, 2.75) is 0 Å². The van der Waals surface area contributed by atoms with Crippen molar-refractivity contribution in [1.29, 1.82) is 0 Å². The van der Waals surface area contributed by atoms with Gasteiger partial charge in [0.2, 0.25) is 5.95 Å². The summed E-state index contributed by atoms with van der Waals surface area (Å²) >= 11 is 5.83. The third-order valence-corrected chi connectivity index (χ3v) is 4.18. The van der Waals surface area contributed by atoms with Crippen molar-refractivity contribution < 1.29 is 14.3 Å². The zero-order valence-electron chi connectivity index (χ0n) is 15.3. The molecule has 0 bridgehead atoms. The topological polar surface area (TPSA) is 79.8 Å². The average Bonchev–Trinajstić information content (AvgIpc) is 2.68. The minimum Gasteiger partial charge on any atom is -0.484 e. The van der Waals surface area contributed by atoms with E-state index in [2.05, 4.69) is 20.2 Å². The molecule has 0 unspecified atom stereocenters. The van der Waals surface area contributed by atoms with Crippen LogP contribution in [0.2, 0.25) is 5.02 Å². The van der Waals surface area contributed by atoms with Crippen LogP contribution in [0.5, 0.6) is 5.75 Å². The number of nitrogens with one attached hydrogen (secondary N) is 1. The first-order valence-electron chi connectivity index (χ1n) is 8.58. The van der Waals surface area contributed by atoms with Gasteiger partial charge in [-0.05, 0) is 24.3 Å². The quantitative estimate of drug-likeness (QED) is 0.807. The maximum Gasteiger partial charge on any atom is 0.262 e. The third kappa shape index (κ3) is 5.21. The molecule has 27 heavy (non-hydrogen) atoms. The summed E-state index contributed by atoms with van der Waals surface area (Å²) in [6.07, 6.45) is 1.62. The normalized spacial score (nSPS) is 14.0. The Morgan fingerprint density at radius 3 is 2.67 bits per heavy atom. The van der Waals surface area contributed by atoms with Crippen LogP contribution in [0.3, 0.4) is 0 Å². The molecule has 0 spiro atoms. The second-order valence-electron chi connectivity index (χ2n) is 6.19. The van der Waals surface area contributed by atoms with Gasteiger partial charge in [-0.25, -0.2) is 4.98 Å². The zero-order valence-corrected chi connectivity index (χ0v) is 16.1. The number of carbonyl (C=O) groups is 1. The zero-order chi connectivity index (χ0) is 19.2. The number of halogens is 1. The molecule has 0 aliphatic carbocycles. The van der Waals surface area contributed by atoms with E-state index >= 15 is 0 Å². The van der Waals surface area contributed by atoms with Gasteiger partial charge in [0.05, 0.1) is 19.4 Å². The molecule has 2 aromatic rings. The smallest absolute Gasteiger partial charge is 0.262 e. The van der Waals surface area contributed by atoms with Crippen molar-refractivity contribution in [3.8, 4) is 5.75 Å². The SMILES string of the molecule is CN(C)c1nc(N2CCOCC2)ncc1NC(=O)COc1ccc(Cl)cc1. The molecule has 2 heterocycles. The number of rotatable bonds is 6. The second-order valence-corrected chi connectivity index (χ2v) is 6.63. The van der Waals surface area contributed by atoms with E-state index in [4.69, 9.17) is 21.1 Å². The molecule has 1 amide bonds. The molecular weight excluding hydrogens is 370 g/mol. The average molecular weight is 392 g/mol. The second kappa shape index (κ2) is 8.88. The van der Waals surface area contributed by atoms with Crippen LogP contribution in [0.4, 0.5) is 17.5 Å². The number of hydrogen-bond donors (Lipinski definition) is 1. The maximum absolute atomic E-state index is 12.3. The molecule has 1 fully saturated rings. The molecule has 1 aromatic heterocycles. The van der Waals surface area contributed by atoms with Crippen molar-refractivity contribution in [3.63, 3.8) is 0 Å². The monoisotopic (exact) mass is 391 g/mol. The van der Waals surface area contributed by atoms with Crippen LogP contribution in [0.25, 0.3) is 0 Å². The Balaban J connectivity index is 1.65. The van der Waals surface area contributed by atoms with Gasteiger partial charge < -0.3 is 24.6 Å². The van der Waals surface area contributed by atoms with Crippen LogP contribution in [-0.2, 0) is 9.53 Å². The van der Waals surface area contributed by atoms with E-state index in [0.717, 1.165) is 13.1 Å².